The van der Waals surface area contributed by atoms with Gasteiger partial charge in [0, 0.05) is 10.5 Å². The third-order valence-electron chi connectivity index (χ3n) is 3.71. The molecule has 1 aromatic carbocycles. The maximum atomic E-state index is 13.7. The Balaban J connectivity index is 2.00. The molecule has 2 atom stereocenters. The fourth-order valence-electron chi connectivity index (χ4n) is 2.74. The lowest BCUT2D eigenvalue weighted by Crippen LogP contribution is -2.32. The highest BCUT2D eigenvalue weighted by Gasteiger charge is 2.21. The highest BCUT2D eigenvalue weighted by atomic mass is 79.9. The van der Waals surface area contributed by atoms with Gasteiger partial charge in [0.2, 0.25) is 0 Å². The zero-order chi connectivity index (χ0) is 12.3. The van der Waals surface area contributed by atoms with Crippen LogP contribution in [0.1, 0.15) is 31.2 Å². The Hall–Kier alpha value is -0.410. The van der Waals surface area contributed by atoms with Gasteiger partial charge >= 0.3 is 0 Å². The number of benzene rings is 1. The fourth-order valence-corrected chi connectivity index (χ4v) is 3.07. The number of hydrogen-bond acceptors (Lipinski definition) is 1. The van der Waals surface area contributed by atoms with Crippen LogP contribution in [0.3, 0.4) is 0 Å². The van der Waals surface area contributed by atoms with Crippen LogP contribution in [0.2, 0.25) is 0 Å². The third kappa shape index (κ3) is 3.52. The number of halogens is 2. The molecule has 1 aliphatic carbocycles. The van der Waals surface area contributed by atoms with Gasteiger partial charge in [0.15, 0.2) is 0 Å². The normalized spacial score (nSPS) is 24.9. The van der Waals surface area contributed by atoms with Crippen molar-refractivity contribution >= 4 is 15.9 Å². The first-order chi connectivity index (χ1) is 8.19. The Labute approximate surface area is 111 Å². The van der Waals surface area contributed by atoms with Gasteiger partial charge < -0.3 is 5.32 Å². The molecule has 0 aromatic heterocycles. The zero-order valence-electron chi connectivity index (χ0n) is 10.2. The Morgan fingerprint density at radius 2 is 2.24 bits per heavy atom. The van der Waals surface area contributed by atoms with Crippen LogP contribution in [0.4, 0.5) is 4.39 Å². The van der Waals surface area contributed by atoms with Crippen LogP contribution in [0.25, 0.3) is 0 Å². The monoisotopic (exact) mass is 299 g/mol. The van der Waals surface area contributed by atoms with E-state index >= 15 is 0 Å². The number of nitrogens with one attached hydrogen (secondary N) is 1. The van der Waals surface area contributed by atoms with Gasteiger partial charge in [-0.2, -0.15) is 0 Å². The van der Waals surface area contributed by atoms with E-state index in [2.05, 4.69) is 21.2 Å². The molecule has 1 aromatic rings. The second-order valence-corrected chi connectivity index (χ2v) is 5.87. The molecule has 94 valence electrons. The smallest absolute Gasteiger partial charge is 0.127 e. The molecule has 0 heterocycles. The third-order valence-corrected chi connectivity index (χ3v) is 4.21. The summed E-state index contributed by atoms with van der Waals surface area (Å²) in [6, 6.07) is 6.01. The lowest BCUT2D eigenvalue weighted by molar-refractivity contribution is 0.292. The van der Waals surface area contributed by atoms with Crippen LogP contribution in [-0.4, -0.2) is 13.1 Å². The van der Waals surface area contributed by atoms with Gasteiger partial charge in [0.05, 0.1) is 0 Å². The predicted molar refractivity (Wildman–Crippen MR) is 72.6 cm³/mol. The van der Waals surface area contributed by atoms with E-state index in [-0.39, 0.29) is 5.82 Å². The summed E-state index contributed by atoms with van der Waals surface area (Å²) in [4.78, 5) is 0. The topological polar surface area (TPSA) is 12.0 Å². The molecule has 3 heteroatoms. The van der Waals surface area contributed by atoms with Crippen molar-refractivity contribution in [1.29, 1.82) is 0 Å². The summed E-state index contributed by atoms with van der Waals surface area (Å²) >= 11 is 3.29. The van der Waals surface area contributed by atoms with Gasteiger partial charge in [-0.25, -0.2) is 4.39 Å². The summed E-state index contributed by atoms with van der Waals surface area (Å²) in [6.45, 7) is 0. The standard InChI is InChI=1S/C14H19BrFN/c1-17-13-4-2-3-10(8-13)7-11-5-6-12(15)9-14(11)16/h5-6,9-10,13,17H,2-4,7-8H2,1H3. The summed E-state index contributed by atoms with van der Waals surface area (Å²) in [5.74, 6) is 0.544. The lowest BCUT2D eigenvalue weighted by atomic mass is 9.82. The highest BCUT2D eigenvalue weighted by Crippen LogP contribution is 2.28. The van der Waals surface area contributed by atoms with Crippen LogP contribution in [-0.2, 0) is 6.42 Å². The molecule has 1 fully saturated rings. The van der Waals surface area contributed by atoms with E-state index in [1.54, 1.807) is 6.07 Å². The summed E-state index contributed by atoms with van der Waals surface area (Å²) < 4.78 is 14.6. The SMILES string of the molecule is CNC1CCCC(Cc2ccc(Br)cc2F)C1. The lowest BCUT2D eigenvalue weighted by Gasteiger charge is -2.29. The molecular weight excluding hydrogens is 281 g/mol. The number of hydrogen-bond donors (Lipinski definition) is 1. The second kappa shape index (κ2) is 5.96. The van der Waals surface area contributed by atoms with Crippen LogP contribution in [0.5, 0.6) is 0 Å². The van der Waals surface area contributed by atoms with Gasteiger partial charge in [-0.05, 0) is 49.9 Å². The minimum absolute atomic E-state index is 0.0778. The van der Waals surface area contributed by atoms with Crippen molar-refractivity contribution in [3.05, 3.63) is 34.1 Å². The van der Waals surface area contributed by atoms with E-state index in [1.165, 1.54) is 25.7 Å². The van der Waals surface area contributed by atoms with Crippen LogP contribution >= 0.6 is 15.9 Å². The van der Waals surface area contributed by atoms with Gasteiger partial charge in [0.25, 0.3) is 0 Å². The average Bonchev–Trinajstić information content (AvgIpc) is 2.33. The van der Waals surface area contributed by atoms with Gasteiger partial charge in [-0.15, -0.1) is 0 Å². The summed E-state index contributed by atoms with van der Waals surface area (Å²) in [5, 5.41) is 3.34. The van der Waals surface area contributed by atoms with Crippen LogP contribution in [0, 0.1) is 11.7 Å². The molecule has 0 spiro atoms. The molecule has 1 nitrogen and oxygen atoms in total. The van der Waals surface area contributed by atoms with Gasteiger partial charge in [0.1, 0.15) is 5.82 Å². The van der Waals surface area contributed by atoms with E-state index in [9.17, 15) is 4.39 Å². The molecule has 0 aliphatic heterocycles. The van der Waals surface area contributed by atoms with Gasteiger partial charge in [-0.1, -0.05) is 34.8 Å². The Bertz CT molecular complexity index is 380. The molecule has 0 saturated heterocycles. The quantitative estimate of drug-likeness (QED) is 0.892. The van der Waals surface area contributed by atoms with E-state index < -0.39 is 0 Å². The first-order valence-electron chi connectivity index (χ1n) is 6.30. The first kappa shape index (κ1) is 13.0. The van der Waals surface area contributed by atoms with Crippen molar-refractivity contribution < 1.29 is 4.39 Å². The Morgan fingerprint density at radius 3 is 2.94 bits per heavy atom. The highest BCUT2D eigenvalue weighted by molar-refractivity contribution is 9.10. The molecule has 0 amide bonds. The minimum atomic E-state index is -0.0778. The minimum Gasteiger partial charge on any atom is -0.317 e. The van der Waals surface area contributed by atoms with Crippen molar-refractivity contribution in [1.82, 2.24) is 5.32 Å². The van der Waals surface area contributed by atoms with Crippen LogP contribution < -0.4 is 5.32 Å². The summed E-state index contributed by atoms with van der Waals surface area (Å²) in [5.41, 5.74) is 0.856. The first-order valence-corrected chi connectivity index (χ1v) is 7.09. The average molecular weight is 300 g/mol. The largest absolute Gasteiger partial charge is 0.317 e. The van der Waals surface area contributed by atoms with Crippen molar-refractivity contribution in [2.45, 2.75) is 38.1 Å². The van der Waals surface area contributed by atoms with Crippen molar-refractivity contribution in [2.75, 3.05) is 7.05 Å². The summed E-state index contributed by atoms with van der Waals surface area (Å²) in [7, 11) is 2.02. The van der Waals surface area contributed by atoms with Crippen LogP contribution in [0.15, 0.2) is 22.7 Å². The molecule has 2 unspecified atom stereocenters. The fraction of sp³-hybridized carbons (Fsp3) is 0.571. The zero-order valence-corrected chi connectivity index (χ0v) is 11.8. The Morgan fingerprint density at radius 1 is 1.41 bits per heavy atom. The van der Waals surface area contributed by atoms with Gasteiger partial charge in [-0.3, -0.25) is 0 Å². The summed E-state index contributed by atoms with van der Waals surface area (Å²) in [6.07, 6.45) is 5.79. The Kier molecular flexibility index (Phi) is 4.57. The number of rotatable bonds is 3. The molecular formula is C14H19BrFN. The van der Waals surface area contributed by atoms with E-state index in [4.69, 9.17) is 0 Å². The second-order valence-electron chi connectivity index (χ2n) is 4.96. The van der Waals surface area contributed by atoms with Crippen molar-refractivity contribution in [3.63, 3.8) is 0 Å². The van der Waals surface area contributed by atoms with E-state index in [0.717, 1.165) is 16.5 Å². The molecule has 2 rings (SSSR count). The molecule has 1 N–H and O–H groups in total. The predicted octanol–water partition coefficient (Wildman–Crippen LogP) is 3.91. The van der Waals surface area contributed by atoms with Crippen molar-refractivity contribution in [2.24, 2.45) is 5.92 Å². The maximum absolute atomic E-state index is 13.7. The van der Waals surface area contributed by atoms with E-state index in [0.29, 0.717) is 12.0 Å². The molecule has 0 radical (unpaired) electrons. The molecule has 0 bridgehead atoms. The molecule has 17 heavy (non-hydrogen) atoms. The maximum Gasteiger partial charge on any atom is 0.127 e. The van der Waals surface area contributed by atoms with E-state index in [1.807, 2.05) is 19.2 Å². The molecule has 1 saturated carbocycles. The molecule has 1 aliphatic rings. The van der Waals surface area contributed by atoms with Crippen molar-refractivity contribution in [3.8, 4) is 0 Å².